The molecule has 1 N–H and O–H groups in total. The SMILES string of the molecule is CSCc1noc(CN2CCC3(CC2)C[C@H](C(=O)O)N(C(C)=O)C3)n1. The van der Waals surface area contributed by atoms with E-state index in [0.29, 0.717) is 31.2 Å². The molecule has 1 aromatic heterocycles. The first kappa shape index (κ1) is 18.2. The third-order valence-corrected chi connectivity index (χ3v) is 5.80. The molecule has 2 fully saturated rings. The van der Waals surface area contributed by atoms with Gasteiger partial charge in [-0.05, 0) is 44.0 Å². The van der Waals surface area contributed by atoms with Crippen LogP contribution in [-0.4, -0.2) is 68.9 Å². The molecule has 0 bridgehead atoms. The number of piperidine rings is 1. The lowest BCUT2D eigenvalue weighted by Crippen LogP contribution is -2.42. The van der Waals surface area contributed by atoms with Crippen LogP contribution in [0.3, 0.4) is 0 Å². The minimum Gasteiger partial charge on any atom is -0.480 e. The molecule has 2 aliphatic rings. The van der Waals surface area contributed by atoms with Crippen LogP contribution in [0.1, 0.15) is 37.9 Å². The number of hydrogen-bond acceptors (Lipinski definition) is 7. The van der Waals surface area contributed by atoms with Gasteiger partial charge < -0.3 is 14.5 Å². The van der Waals surface area contributed by atoms with Crippen LogP contribution in [0.2, 0.25) is 0 Å². The van der Waals surface area contributed by atoms with E-state index < -0.39 is 12.0 Å². The molecule has 1 atom stereocenters. The Labute approximate surface area is 150 Å². The molecule has 138 valence electrons. The number of carboxylic acid groups (broad SMARTS) is 1. The maximum absolute atomic E-state index is 11.8. The first-order valence-electron chi connectivity index (χ1n) is 8.45. The Hall–Kier alpha value is -1.61. The molecule has 2 saturated heterocycles. The molecule has 3 rings (SSSR count). The standard InChI is InChI=1S/C16H24N4O4S/c1-11(21)20-10-16(7-12(20)15(22)23)3-5-19(6-4-16)8-14-17-13(9-25-2)18-24-14/h12H,3-10H2,1-2H3,(H,22,23)/t12-/m1/s1. The van der Waals surface area contributed by atoms with Gasteiger partial charge in [-0.3, -0.25) is 9.69 Å². The fourth-order valence-electron chi connectivity index (χ4n) is 3.89. The summed E-state index contributed by atoms with van der Waals surface area (Å²) < 4.78 is 5.29. The highest BCUT2D eigenvalue weighted by atomic mass is 32.2. The van der Waals surface area contributed by atoms with Crippen LogP contribution in [0, 0.1) is 5.41 Å². The predicted molar refractivity (Wildman–Crippen MR) is 91.9 cm³/mol. The lowest BCUT2D eigenvalue weighted by atomic mass is 9.76. The van der Waals surface area contributed by atoms with Crippen LogP contribution in [0.5, 0.6) is 0 Å². The first-order chi connectivity index (χ1) is 11.9. The topological polar surface area (TPSA) is 99.8 Å². The van der Waals surface area contributed by atoms with E-state index in [2.05, 4.69) is 15.0 Å². The van der Waals surface area contributed by atoms with Crippen molar-refractivity contribution >= 4 is 23.6 Å². The maximum atomic E-state index is 11.8. The van der Waals surface area contributed by atoms with Crippen molar-refractivity contribution < 1.29 is 19.2 Å². The number of aromatic nitrogens is 2. The van der Waals surface area contributed by atoms with Crippen molar-refractivity contribution in [2.75, 3.05) is 25.9 Å². The van der Waals surface area contributed by atoms with Crippen LogP contribution in [0.15, 0.2) is 4.52 Å². The fraction of sp³-hybridized carbons (Fsp3) is 0.750. The molecular formula is C16H24N4O4S. The second-order valence-corrected chi connectivity index (χ2v) is 7.88. The Kier molecular flexibility index (Phi) is 5.33. The van der Waals surface area contributed by atoms with Crippen LogP contribution in [-0.2, 0) is 21.9 Å². The van der Waals surface area contributed by atoms with Gasteiger partial charge in [0.15, 0.2) is 5.82 Å². The van der Waals surface area contributed by atoms with Crippen molar-refractivity contribution in [3.8, 4) is 0 Å². The van der Waals surface area contributed by atoms with Gasteiger partial charge in [-0.1, -0.05) is 5.16 Å². The molecule has 1 aromatic rings. The van der Waals surface area contributed by atoms with E-state index >= 15 is 0 Å². The summed E-state index contributed by atoms with van der Waals surface area (Å²) in [5.41, 5.74) is -0.0793. The highest BCUT2D eigenvalue weighted by Crippen LogP contribution is 2.43. The Morgan fingerprint density at radius 2 is 2.12 bits per heavy atom. The smallest absolute Gasteiger partial charge is 0.326 e. The van der Waals surface area contributed by atoms with Crippen molar-refractivity contribution in [3.05, 3.63) is 11.7 Å². The quantitative estimate of drug-likeness (QED) is 0.828. The molecule has 8 nitrogen and oxygen atoms in total. The third-order valence-electron chi connectivity index (χ3n) is 5.26. The summed E-state index contributed by atoms with van der Waals surface area (Å²) in [6, 6.07) is -0.686. The number of carbonyl (C=O) groups excluding carboxylic acids is 1. The summed E-state index contributed by atoms with van der Waals surface area (Å²) in [5.74, 6) is 1.03. The van der Waals surface area contributed by atoms with Gasteiger partial charge in [0.05, 0.1) is 12.3 Å². The minimum absolute atomic E-state index is 0.0793. The molecule has 0 saturated carbocycles. The Balaban J connectivity index is 1.57. The summed E-state index contributed by atoms with van der Waals surface area (Å²) in [4.78, 5) is 31.4. The van der Waals surface area contributed by atoms with Gasteiger partial charge in [0, 0.05) is 13.5 Å². The highest BCUT2D eigenvalue weighted by Gasteiger charge is 2.49. The molecule has 3 heterocycles. The van der Waals surface area contributed by atoms with Crippen LogP contribution in [0.4, 0.5) is 0 Å². The number of carbonyl (C=O) groups is 2. The number of carboxylic acids is 1. The number of nitrogens with zero attached hydrogens (tertiary/aromatic N) is 4. The summed E-state index contributed by atoms with van der Waals surface area (Å²) in [6.07, 6.45) is 4.31. The Bertz CT molecular complexity index is 618. The number of amides is 1. The lowest BCUT2D eigenvalue weighted by molar-refractivity contribution is -0.147. The normalized spacial score (nSPS) is 23.3. The van der Waals surface area contributed by atoms with Gasteiger partial charge in [-0.25, -0.2) is 4.79 Å². The van der Waals surface area contributed by atoms with E-state index in [4.69, 9.17) is 4.52 Å². The monoisotopic (exact) mass is 368 g/mol. The number of likely N-dealkylation sites (tertiary alicyclic amines) is 2. The van der Waals surface area contributed by atoms with Gasteiger partial charge in [0.25, 0.3) is 0 Å². The Morgan fingerprint density at radius 1 is 1.40 bits per heavy atom. The zero-order valence-electron chi connectivity index (χ0n) is 14.6. The second-order valence-electron chi connectivity index (χ2n) is 7.02. The molecule has 1 spiro atoms. The Morgan fingerprint density at radius 3 is 2.68 bits per heavy atom. The molecule has 2 aliphatic heterocycles. The summed E-state index contributed by atoms with van der Waals surface area (Å²) in [6.45, 7) is 4.31. The summed E-state index contributed by atoms with van der Waals surface area (Å²) in [5, 5.41) is 13.4. The largest absolute Gasteiger partial charge is 0.480 e. The molecule has 0 radical (unpaired) electrons. The average molecular weight is 368 g/mol. The fourth-order valence-corrected chi connectivity index (χ4v) is 4.26. The van der Waals surface area contributed by atoms with Gasteiger partial charge in [-0.2, -0.15) is 16.7 Å². The van der Waals surface area contributed by atoms with Crippen LogP contribution >= 0.6 is 11.8 Å². The second kappa shape index (κ2) is 7.33. The number of hydrogen-bond donors (Lipinski definition) is 1. The molecule has 0 unspecified atom stereocenters. The molecule has 0 aliphatic carbocycles. The zero-order valence-corrected chi connectivity index (χ0v) is 15.4. The van der Waals surface area contributed by atoms with Gasteiger partial charge >= 0.3 is 5.97 Å². The van der Waals surface area contributed by atoms with Gasteiger partial charge in [0.1, 0.15) is 6.04 Å². The van der Waals surface area contributed by atoms with E-state index in [1.54, 1.807) is 11.8 Å². The summed E-state index contributed by atoms with van der Waals surface area (Å²) >= 11 is 1.65. The number of rotatable bonds is 5. The first-order valence-corrected chi connectivity index (χ1v) is 9.85. The lowest BCUT2D eigenvalue weighted by Gasteiger charge is -2.38. The van der Waals surface area contributed by atoms with E-state index in [1.165, 1.54) is 11.8 Å². The number of thioether (sulfide) groups is 1. The zero-order chi connectivity index (χ0) is 18.0. The summed E-state index contributed by atoms with van der Waals surface area (Å²) in [7, 11) is 0. The van der Waals surface area contributed by atoms with Crippen LogP contribution in [0.25, 0.3) is 0 Å². The molecule has 1 amide bonds. The van der Waals surface area contributed by atoms with Crippen LogP contribution < -0.4 is 0 Å². The van der Waals surface area contributed by atoms with Crippen molar-refractivity contribution in [3.63, 3.8) is 0 Å². The minimum atomic E-state index is -0.901. The highest BCUT2D eigenvalue weighted by molar-refractivity contribution is 7.97. The van der Waals surface area contributed by atoms with E-state index in [-0.39, 0.29) is 11.3 Å². The molecule has 0 aromatic carbocycles. The van der Waals surface area contributed by atoms with Crippen molar-refractivity contribution in [1.29, 1.82) is 0 Å². The predicted octanol–water partition coefficient (Wildman–Crippen LogP) is 1.22. The van der Waals surface area contributed by atoms with Crippen molar-refractivity contribution in [1.82, 2.24) is 19.9 Å². The maximum Gasteiger partial charge on any atom is 0.326 e. The molecular weight excluding hydrogens is 344 g/mol. The van der Waals surface area contributed by atoms with E-state index in [9.17, 15) is 14.7 Å². The number of aliphatic carboxylic acids is 1. The third kappa shape index (κ3) is 3.98. The molecule has 9 heteroatoms. The average Bonchev–Trinajstić information content (AvgIpc) is 3.16. The van der Waals surface area contributed by atoms with Gasteiger partial charge in [0.2, 0.25) is 11.8 Å². The van der Waals surface area contributed by atoms with E-state index in [1.807, 2.05) is 6.26 Å². The van der Waals surface area contributed by atoms with E-state index in [0.717, 1.165) is 31.7 Å². The molecule has 25 heavy (non-hydrogen) atoms. The van der Waals surface area contributed by atoms with Gasteiger partial charge in [-0.15, -0.1) is 0 Å². The van der Waals surface area contributed by atoms with Crippen molar-refractivity contribution in [2.24, 2.45) is 5.41 Å². The van der Waals surface area contributed by atoms with Crippen molar-refractivity contribution in [2.45, 2.75) is 44.5 Å².